The van der Waals surface area contributed by atoms with Gasteiger partial charge in [0.15, 0.2) is 0 Å². The normalized spacial score (nSPS) is 18.1. The maximum atomic E-state index is 12.4. The molecule has 1 fully saturated rings. The SMILES string of the molecule is CNC(=O)c1cccc(C(=O)N2CCNC(C)C2)c1.Cl. The van der Waals surface area contributed by atoms with Gasteiger partial charge in [0.25, 0.3) is 11.8 Å². The number of amides is 2. The lowest BCUT2D eigenvalue weighted by molar-refractivity contribution is 0.0709. The summed E-state index contributed by atoms with van der Waals surface area (Å²) in [4.78, 5) is 25.8. The Kier molecular flexibility index (Phi) is 5.98. The van der Waals surface area contributed by atoms with Gasteiger partial charge in [0.1, 0.15) is 0 Å². The van der Waals surface area contributed by atoms with Crippen molar-refractivity contribution in [2.75, 3.05) is 26.7 Å². The average Bonchev–Trinajstić information content (AvgIpc) is 2.45. The monoisotopic (exact) mass is 297 g/mol. The van der Waals surface area contributed by atoms with Crippen molar-refractivity contribution >= 4 is 24.2 Å². The van der Waals surface area contributed by atoms with Crippen molar-refractivity contribution < 1.29 is 9.59 Å². The molecular weight excluding hydrogens is 278 g/mol. The lowest BCUT2D eigenvalue weighted by Crippen LogP contribution is -2.51. The predicted octanol–water partition coefficient (Wildman–Crippen LogP) is 0.902. The van der Waals surface area contributed by atoms with E-state index in [0.717, 1.165) is 6.54 Å². The Labute approximate surface area is 125 Å². The Bertz CT molecular complexity index is 493. The number of hydrogen-bond donors (Lipinski definition) is 2. The van der Waals surface area contributed by atoms with E-state index in [9.17, 15) is 9.59 Å². The van der Waals surface area contributed by atoms with E-state index < -0.39 is 0 Å². The second kappa shape index (κ2) is 7.26. The summed E-state index contributed by atoms with van der Waals surface area (Å²) >= 11 is 0. The number of benzene rings is 1. The fourth-order valence-electron chi connectivity index (χ4n) is 2.24. The molecule has 2 amide bonds. The first-order chi connectivity index (χ1) is 9.11. The molecule has 1 saturated heterocycles. The van der Waals surface area contributed by atoms with Crippen molar-refractivity contribution in [3.05, 3.63) is 35.4 Å². The summed E-state index contributed by atoms with van der Waals surface area (Å²) in [6, 6.07) is 7.15. The van der Waals surface area contributed by atoms with Crippen LogP contribution >= 0.6 is 12.4 Å². The van der Waals surface area contributed by atoms with Crippen molar-refractivity contribution in [3.63, 3.8) is 0 Å². The van der Waals surface area contributed by atoms with E-state index in [1.54, 1.807) is 31.3 Å². The van der Waals surface area contributed by atoms with Crippen LogP contribution in [0.4, 0.5) is 0 Å². The number of hydrogen-bond acceptors (Lipinski definition) is 3. The molecule has 2 N–H and O–H groups in total. The minimum Gasteiger partial charge on any atom is -0.355 e. The molecule has 1 aliphatic rings. The van der Waals surface area contributed by atoms with E-state index in [2.05, 4.69) is 17.6 Å². The highest BCUT2D eigenvalue weighted by molar-refractivity contribution is 5.99. The molecule has 20 heavy (non-hydrogen) atoms. The summed E-state index contributed by atoms with van der Waals surface area (Å²) in [5.74, 6) is -0.192. The summed E-state index contributed by atoms with van der Waals surface area (Å²) in [7, 11) is 1.58. The van der Waals surface area contributed by atoms with Crippen LogP contribution in [-0.4, -0.2) is 49.4 Å². The smallest absolute Gasteiger partial charge is 0.253 e. The van der Waals surface area contributed by atoms with Gasteiger partial charge in [-0.3, -0.25) is 9.59 Å². The molecule has 6 heteroatoms. The lowest BCUT2D eigenvalue weighted by atomic mass is 10.1. The third-order valence-corrected chi connectivity index (χ3v) is 3.25. The van der Waals surface area contributed by atoms with E-state index in [1.165, 1.54) is 0 Å². The van der Waals surface area contributed by atoms with Crippen LogP contribution in [0.25, 0.3) is 0 Å². The average molecular weight is 298 g/mol. The van der Waals surface area contributed by atoms with Crippen LogP contribution in [0.5, 0.6) is 0 Å². The Balaban J connectivity index is 0.00000200. The summed E-state index contributed by atoms with van der Waals surface area (Å²) in [6.45, 7) is 4.26. The molecule has 0 bridgehead atoms. The minimum atomic E-state index is -0.177. The van der Waals surface area contributed by atoms with Crippen LogP contribution in [0.1, 0.15) is 27.6 Å². The zero-order valence-corrected chi connectivity index (χ0v) is 12.5. The molecule has 1 aromatic rings. The van der Waals surface area contributed by atoms with Gasteiger partial charge in [-0.2, -0.15) is 0 Å². The zero-order chi connectivity index (χ0) is 13.8. The molecule has 1 heterocycles. The number of piperazine rings is 1. The quantitative estimate of drug-likeness (QED) is 0.853. The molecule has 1 unspecified atom stereocenters. The number of halogens is 1. The fraction of sp³-hybridized carbons (Fsp3) is 0.429. The third-order valence-electron chi connectivity index (χ3n) is 3.25. The highest BCUT2D eigenvalue weighted by atomic mass is 35.5. The predicted molar refractivity (Wildman–Crippen MR) is 80.4 cm³/mol. The van der Waals surface area contributed by atoms with Crippen LogP contribution in [0.3, 0.4) is 0 Å². The molecular formula is C14H20ClN3O2. The maximum absolute atomic E-state index is 12.4. The van der Waals surface area contributed by atoms with E-state index >= 15 is 0 Å². The highest BCUT2D eigenvalue weighted by Crippen LogP contribution is 2.10. The van der Waals surface area contributed by atoms with Crippen LogP contribution in [0, 0.1) is 0 Å². The van der Waals surface area contributed by atoms with Crippen LogP contribution in [0.15, 0.2) is 24.3 Å². The van der Waals surface area contributed by atoms with Crippen molar-refractivity contribution in [3.8, 4) is 0 Å². The van der Waals surface area contributed by atoms with Gasteiger partial charge < -0.3 is 15.5 Å². The Hall–Kier alpha value is -1.59. The van der Waals surface area contributed by atoms with Crippen molar-refractivity contribution in [1.29, 1.82) is 0 Å². The molecule has 110 valence electrons. The van der Waals surface area contributed by atoms with Crippen molar-refractivity contribution in [2.45, 2.75) is 13.0 Å². The van der Waals surface area contributed by atoms with Gasteiger partial charge in [-0.1, -0.05) is 6.07 Å². The van der Waals surface area contributed by atoms with Gasteiger partial charge in [-0.15, -0.1) is 12.4 Å². The summed E-state index contributed by atoms with van der Waals surface area (Å²) in [5.41, 5.74) is 1.08. The van der Waals surface area contributed by atoms with Crippen LogP contribution in [-0.2, 0) is 0 Å². The zero-order valence-electron chi connectivity index (χ0n) is 11.7. The first kappa shape index (κ1) is 16.5. The molecule has 1 aliphatic heterocycles. The topological polar surface area (TPSA) is 61.4 Å². The first-order valence-corrected chi connectivity index (χ1v) is 6.46. The molecule has 0 aromatic heterocycles. The van der Waals surface area contributed by atoms with Crippen LogP contribution < -0.4 is 10.6 Å². The minimum absolute atomic E-state index is 0. The van der Waals surface area contributed by atoms with E-state index in [0.29, 0.717) is 30.3 Å². The maximum Gasteiger partial charge on any atom is 0.253 e. The number of rotatable bonds is 2. The Morgan fingerprint density at radius 2 is 2.05 bits per heavy atom. The van der Waals surface area contributed by atoms with E-state index in [-0.39, 0.29) is 24.2 Å². The molecule has 0 saturated carbocycles. The first-order valence-electron chi connectivity index (χ1n) is 6.46. The second-order valence-electron chi connectivity index (χ2n) is 4.77. The molecule has 2 rings (SSSR count). The molecule has 5 nitrogen and oxygen atoms in total. The number of carbonyl (C=O) groups is 2. The number of nitrogens with one attached hydrogen (secondary N) is 2. The van der Waals surface area contributed by atoms with Gasteiger partial charge in [-0.25, -0.2) is 0 Å². The standard InChI is InChI=1S/C14H19N3O2.ClH/c1-10-9-17(7-6-16-10)14(19)12-5-3-4-11(8-12)13(18)15-2;/h3-5,8,10,16H,6-7,9H2,1-2H3,(H,15,18);1H. The van der Waals surface area contributed by atoms with Gasteiger partial charge in [0, 0.05) is 43.9 Å². The molecule has 0 radical (unpaired) electrons. The molecule has 1 aromatic carbocycles. The molecule has 0 spiro atoms. The van der Waals surface area contributed by atoms with E-state index in [1.807, 2.05) is 4.90 Å². The number of nitrogens with zero attached hydrogens (tertiary/aromatic N) is 1. The Morgan fingerprint density at radius 3 is 2.70 bits per heavy atom. The second-order valence-corrected chi connectivity index (χ2v) is 4.77. The molecule has 0 aliphatic carbocycles. The van der Waals surface area contributed by atoms with Crippen molar-refractivity contribution in [2.24, 2.45) is 0 Å². The largest absolute Gasteiger partial charge is 0.355 e. The highest BCUT2D eigenvalue weighted by Gasteiger charge is 2.22. The summed E-state index contributed by atoms with van der Waals surface area (Å²) < 4.78 is 0. The lowest BCUT2D eigenvalue weighted by Gasteiger charge is -2.32. The number of carbonyl (C=O) groups excluding carboxylic acids is 2. The third kappa shape index (κ3) is 3.71. The fourth-order valence-corrected chi connectivity index (χ4v) is 2.24. The van der Waals surface area contributed by atoms with E-state index in [4.69, 9.17) is 0 Å². The molecule has 1 atom stereocenters. The van der Waals surface area contributed by atoms with Gasteiger partial charge in [0.2, 0.25) is 0 Å². The van der Waals surface area contributed by atoms with Crippen LogP contribution in [0.2, 0.25) is 0 Å². The Morgan fingerprint density at radius 1 is 1.35 bits per heavy atom. The van der Waals surface area contributed by atoms with Gasteiger partial charge in [-0.05, 0) is 25.1 Å². The summed E-state index contributed by atoms with van der Waals surface area (Å²) in [5, 5.41) is 5.86. The van der Waals surface area contributed by atoms with Gasteiger partial charge >= 0.3 is 0 Å². The summed E-state index contributed by atoms with van der Waals surface area (Å²) in [6.07, 6.45) is 0. The van der Waals surface area contributed by atoms with Gasteiger partial charge in [0.05, 0.1) is 0 Å². The van der Waals surface area contributed by atoms with Crippen molar-refractivity contribution in [1.82, 2.24) is 15.5 Å².